The van der Waals surface area contributed by atoms with E-state index in [9.17, 15) is 13.2 Å². The van der Waals surface area contributed by atoms with Crippen LogP contribution in [0, 0.1) is 6.92 Å². The molecule has 0 spiro atoms. The number of rotatable bonds is 7. The Morgan fingerprint density at radius 2 is 1.45 bits per heavy atom. The first kappa shape index (κ1) is 20.4. The van der Waals surface area contributed by atoms with Crippen LogP contribution in [-0.2, 0) is 21.2 Å². The van der Waals surface area contributed by atoms with Crippen LogP contribution in [0.1, 0.15) is 11.1 Å². The van der Waals surface area contributed by atoms with Crippen LogP contribution in [0.3, 0.4) is 0 Å². The Kier molecular flexibility index (Phi) is 6.19. The van der Waals surface area contributed by atoms with Gasteiger partial charge in [-0.1, -0.05) is 29.8 Å². The predicted molar refractivity (Wildman–Crippen MR) is 114 cm³/mol. The van der Waals surface area contributed by atoms with Crippen LogP contribution in [0.15, 0.2) is 77.7 Å². The van der Waals surface area contributed by atoms with E-state index in [0.717, 1.165) is 16.9 Å². The first-order valence-electron chi connectivity index (χ1n) is 8.98. The maximum Gasteiger partial charge on any atom is 0.261 e. The highest BCUT2D eigenvalue weighted by Gasteiger charge is 2.14. The molecule has 0 aromatic heterocycles. The molecule has 0 bridgehead atoms. The van der Waals surface area contributed by atoms with E-state index in [2.05, 4.69) is 10.0 Å². The number of sulfonamides is 1. The Bertz CT molecular complexity index is 1080. The predicted octanol–water partition coefficient (Wildman–Crippen LogP) is 3.99. The third-order valence-electron chi connectivity index (χ3n) is 4.28. The summed E-state index contributed by atoms with van der Waals surface area (Å²) in [6, 6.07) is 20.4. The van der Waals surface area contributed by atoms with Crippen molar-refractivity contribution >= 4 is 27.3 Å². The molecule has 0 aliphatic carbocycles. The molecular formula is C22H22N2O4S. The minimum Gasteiger partial charge on any atom is -0.497 e. The summed E-state index contributed by atoms with van der Waals surface area (Å²) in [5, 5.41) is 2.80. The summed E-state index contributed by atoms with van der Waals surface area (Å²) >= 11 is 0. The molecule has 0 unspecified atom stereocenters. The quantitative estimate of drug-likeness (QED) is 0.617. The van der Waals surface area contributed by atoms with Gasteiger partial charge in [-0.3, -0.25) is 9.52 Å². The van der Waals surface area contributed by atoms with Crippen LogP contribution < -0.4 is 14.8 Å². The zero-order valence-electron chi connectivity index (χ0n) is 16.2. The zero-order chi connectivity index (χ0) is 20.9. The third kappa shape index (κ3) is 5.58. The number of carbonyl (C=O) groups is 1. The van der Waals surface area contributed by atoms with Crippen molar-refractivity contribution in [2.45, 2.75) is 18.2 Å². The summed E-state index contributed by atoms with van der Waals surface area (Å²) in [5.41, 5.74) is 2.85. The summed E-state index contributed by atoms with van der Waals surface area (Å²) < 4.78 is 32.5. The maximum atomic E-state index is 12.4. The van der Waals surface area contributed by atoms with Gasteiger partial charge in [0.25, 0.3) is 10.0 Å². The molecule has 0 saturated carbocycles. The van der Waals surface area contributed by atoms with E-state index < -0.39 is 10.0 Å². The molecule has 3 aromatic carbocycles. The zero-order valence-corrected chi connectivity index (χ0v) is 17.0. The highest BCUT2D eigenvalue weighted by molar-refractivity contribution is 7.92. The summed E-state index contributed by atoms with van der Waals surface area (Å²) in [5.74, 6) is 0.570. The molecule has 150 valence electrons. The van der Waals surface area contributed by atoms with Gasteiger partial charge in [-0.05, 0) is 61.0 Å². The van der Waals surface area contributed by atoms with Crippen LogP contribution in [0.4, 0.5) is 11.4 Å². The molecule has 0 saturated heterocycles. The Balaban J connectivity index is 1.60. The molecule has 6 nitrogen and oxygen atoms in total. The topological polar surface area (TPSA) is 84.5 Å². The normalized spacial score (nSPS) is 11.0. The van der Waals surface area contributed by atoms with Crippen LogP contribution in [-0.4, -0.2) is 21.4 Å². The first-order chi connectivity index (χ1) is 13.9. The van der Waals surface area contributed by atoms with Crippen molar-refractivity contribution in [1.29, 1.82) is 0 Å². The molecule has 29 heavy (non-hydrogen) atoms. The Morgan fingerprint density at radius 1 is 0.862 bits per heavy atom. The number of benzene rings is 3. The minimum atomic E-state index is -3.66. The van der Waals surface area contributed by atoms with Gasteiger partial charge in [0, 0.05) is 11.4 Å². The summed E-state index contributed by atoms with van der Waals surface area (Å²) in [6.45, 7) is 1.89. The van der Waals surface area contributed by atoms with Gasteiger partial charge in [0.15, 0.2) is 0 Å². The fraction of sp³-hybridized carbons (Fsp3) is 0.136. The Morgan fingerprint density at radius 3 is 2.03 bits per heavy atom. The molecular weight excluding hydrogens is 388 g/mol. The largest absolute Gasteiger partial charge is 0.497 e. The molecule has 0 fully saturated rings. The lowest BCUT2D eigenvalue weighted by atomic mass is 10.1. The molecule has 7 heteroatoms. The van der Waals surface area contributed by atoms with Crippen molar-refractivity contribution in [3.05, 3.63) is 83.9 Å². The summed E-state index contributed by atoms with van der Waals surface area (Å²) in [6.07, 6.45) is 0.228. The lowest BCUT2D eigenvalue weighted by Gasteiger charge is -2.10. The average molecular weight is 410 g/mol. The molecule has 0 atom stereocenters. The number of carbonyl (C=O) groups excluding carboxylic acids is 1. The Hall–Kier alpha value is -3.32. The van der Waals surface area contributed by atoms with Crippen molar-refractivity contribution in [2.24, 2.45) is 0 Å². The van der Waals surface area contributed by atoms with Gasteiger partial charge in [-0.15, -0.1) is 0 Å². The second-order valence-corrected chi connectivity index (χ2v) is 8.25. The van der Waals surface area contributed by atoms with Gasteiger partial charge in [-0.2, -0.15) is 0 Å². The third-order valence-corrected chi connectivity index (χ3v) is 5.67. The first-order valence-corrected chi connectivity index (χ1v) is 10.5. The lowest BCUT2D eigenvalue weighted by Crippen LogP contribution is -2.15. The number of hydrogen-bond acceptors (Lipinski definition) is 4. The summed E-state index contributed by atoms with van der Waals surface area (Å²) in [7, 11) is -2.07. The van der Waals surface area contributed by atoms with E-state index in [0.29, 0.717) is 11.4 Å². The van der Waals surface area contributed by atoms with E-state index in [-0.39, 0.29) is 17.2 Å². The number of anilines is 2. The number of aryl methyl sites for hydroxylation is 1. The van der Waals surface area contributed by atoms with Gasteiger partial charge in [0.05, 0.1) is 18.4 Å². The van der Waals surface area contributed by atoms with E-state index >= 15 is 0 Å². The second-order valence-electron chi connectivity index (χ2n) is 6.57. The fourth-order valence-electron chi connectivity index (χ4n) is 2.69. The fourth-order valence-corrected chi connectivity index (χ4v) is 3.75. The SMILES string of the molecule is COc1ccc(CC(=O)Nc2ccc(NS(=O)(=O)c3ccc(C)cc3)cc2)cc1. The smallest absolute Gasteiger partial charge is 0.261 e. The summed E-state index contributed by atoms with van der Waals surface area (Å²) in [4.78, 5) is 12.4. The van der Waals surface area contributed by atoms with Gasteiger partial charge in [-0.25, -0.2) is 8.42 Å². The van der Waals surface area contributed by atoms with E-state index in [1.54, 1.807) is 67.8 Å². The van der Waals surface area contributed by atoms with E-state index in [1.807, 2.05) is 19.1 Å². The van der Waals surface area contributed by atoms with E-state index in [4.69, 9.17) is 4.74 Å². The lowest BCUT2D eigenvalue weighted by molar-refractivity contribution is -0.115. The van der Waals surface area contributed by atoms with Crippen molar-refractivity contribution in [1.82, 2.24) is 0 Å². The van der Waals surface area contributed by atoms with Crippen molar-refractivity contribution in [3.8, 4) is 5.75 Å². The number of methoxy groups -OCH3 is 1. The van der Waals surface area contributed by atoms with Gasteiger partial charge in [0.1, 0.15) is 5.75 Å². The monoisotopic (exact) mass is 410 g/mol. The number of ether oxygens (including phenoxy) is 1. The molecule has 3 aromatic rings. The van der Waals surface area contributed by atoms with Crippen molar-refractivity contribution in [2.75, 3.05) is 17.1 Å². The second kappa shape index (κ2) is 8.79. The standard InChI is InChI=1S/C22H22N2O4S/c1-16-3-13-21(14-4-16)29(26,27)24-19-9-7-18(8-10-19)23-22(25)15-17-5-11-20(28-2)12-6-17/h3-14,24H,15H2,1-2H3,(H,23,25). The number of amides is 1. The highest BCUT2D eigenvalue weighted by Crippen LogP contribution is 2.19. The molecule has 2 N–H and O–H groups in total. The molecule has 1 amide bonds. The van der Waals surface area contributed by atoms with Crippen LogP contribution in [0.5, 0.6) is 5.75 Å². The molecule has 0 heterocycles. The van der Waals surface area contributed by atoms with Crippen molar-refractivity contribution < 1.29 is 17.9 Å². The number of nitrogens with one attached hydrogen (secondary N) is 2. The van der Waals surface area contributed by atoms with Gasteiger partial charge >= 0.3 is 0 Å². The van der Waals surface area contributed by atoms with E-state index in [1.165, 1.54) is 0 Å². The minimum absolute atomic E-state index is 0.164. The average Bonchev–Trinajstić information content (AvgIpc) is 2.70. The van der Waals surface area contributed by atoms with Crippen molar-refractivity contribution in [3.63, 3.8) is 0 Å². The maximum absolute atomic E-state index is 12.4. The molecule has 0 aliphatic rings. The van der Waals surface area contributed by atoms with Crippen LogP contribution in [0.2, 0.25) is 0 Å². The Labute approximate surface area is 170 Å². The molecule has 0 aliphatic heterocycles. The van der Waals surface area contributed by atoms with Crippen LogP contribution >= 0.6 is 0 Å². The molecule has 0 radical (unpaired) electrons. The molecule has 3 rings (SSSR count). The number of hydrogen-bond donors (Lipinski definition) is 2. The van der Waals surface area contributed by atoms with Crippen LogP contribution in [0.25, 0.3) is 0 Å². The van der Waals surface area contributed by atoms with Gasteiger partial charge < -0.3 is 10.1 Å². The highest BCUT2D eigenvalue weighted by atomic mass is 32.2. The van der Waals surface area contributed by atoms with Gasteiger partial charge in [0.2, 0.25) is 5.91 Å².